The van der Waals surface area contributed by atoms with Crippen LogP contribution < -0.4 is 10.6 Å². The predicted octanol–water partition coefficient (Wildman–Crippen LogP) is 0.405. The van der Waals surface area contributed by atoms with E-state index in [0.717, 1.165) is 57.2 Å². The molecule has 2 N–H and O–H groups in total. The van der Waals surface area contributed by atoms with Gasteiger partial charge in [0.25, 0.3) is 0 Å². The van der Waals surface area contributed by atoms with Crippen molar-refractivity contribution in [2.45, 2.75) is 25.8 Å². The van der Waals surface area contributed by atoms with E-state index >= 15 is 0 Å². The quantitative estimate of drug-likeness (QED) is 0.858. The summed E-state index contributed by atoms with van der Waals surface area (Å²) in [5.74, 6) is 2.86. The maximum Gasteiger partial charge on any atom is 0.222 e. The van der Waals surface area contributed by atoms with Crippen LogP contribution in [0.3, 0.4) is 0 Å². The number of hydrogen-bond donors (Lipinski definition) is 1. The lowest BCUT2D eigenvalue weighted by Crippen LogP contribution is -2.44. The number of fused-ring (bicyclic) bond motifs is 1. The van der Waals surface area contributed by atoms with Crippen LogP contribution in [-0.4, -0.2) is 62.9 Å². The van der Waals surface area contributed by atoms with Crippen LogP contribution in [0.2, 0.25) is 0 Å². The molecule has 0 radical (unpaired) electrons. The normalized spacial score (nSPS) is 18.9. The lowest BCUT2D eigenvalue weighted by molar-refractivity contribution is 0.312. The zero-order valence-corrected chi connectivity index (χ0v) is 13.4. The van der Waals surface area contributed by atoms with Crippen LogP contribution in [0.25, 0.3) is 11.5 Å². The molecule has 8 nitrogen and oxygen atoms in total. The second-order valence-electron chi connectivity index (χ2n) is 6.29. The number of nitrogens with two attached hydrogens (primary N) is 1. The van der Waals surface area contributed by atoms with Crippen molar-refractivity contribution >= 4 is 11.8 Å². The molecule has 0 bridgehead atoms. The van der Waals surface area contributed by atoms with Gasteiger partial charge in [-0.1, -0.05) is 0 Å². The number of anilines is 2. The van der Waals surface area contributed by atoms with E-state index in [0.29, 0.717) is 11.5 Å². The zero-order valence-electron chi connectivity index (χ0n) is 13.4. The number of hydrogen-bond acceptors (Lipinski definition) is 7. The van der Waals surface area contributed by atoms with Gasteiger partial charge in [0.1, 0.15) is 17.3 Å². The molecule has 0 aromatic carbocycles. The average Bonchev–Trinajstić information content (AvgIpc) is 2.99. The maximum absolute atomic E-state index is 5.93. The Morgan fingerprint density at radius 2 is 1.83 bits per heavy atom. The number of nitrogen functional groups attached to an aromatic ring is 1. The summed E-state index contributed by atoms with van der Waals surface area (Å²) in [5, 5.41) is 4.59. The van der Waals surface area contributed by atoms with Gasteiger partial charge in [0.15, 0.2) is 5.82 Å². The van der Waals surface area contributed by atoms with Crippen molar-refractivity contribution in [3.05, 3.63) is 11.9 Å². The van der Waals surface area contributed by atoms with E-state index in [4.69, 9.17) is 5.73 Å². The fourth-order valence-corrected chi connectivity index (χ4v) is 3.16. The van der Waals surface area contributed by atoms with Crippen LogP contribution in [0.5, 0.6) is 0 Å². The van der Waals surface area contributed by atoms with E-state index in [1.54, 1.807) is 0 Å². The Morgan fingerprint density at radius 3 is 2.61 bits per heavy atom. The third-order valence-corrected chi connectivity index (χ3v) is 4.55. The molecule has 2 aromatic heterocycles. The van der Waals surface area contributed by atoms with Crippen molar-refractivity contribution in [1.29, 1.82) is 0 Å². The topological polar surface area (TPSA) is 89.0 Å². The fourth-order valence-electron chi connectivity index (χ4n) is 3.16. The van der Waals surface area contributed by atoms with Crippen molar-refractivity contribution in [3.8, 4) is 11.5 Å². The summed E-state index contributed by atoms with van der Waals surface area (Å²) in [6.45, 7) is 4.87. The van der Waals surface area contributed by atoms with Gasteiger partial charge in [-0.15, -0.1) is 5.10 Å². The van der Waals surface area contributed by atoms with Crippen LogP contribution in [0, 0.1) is 0 Å². The molecule has 0 saturated carbocycles. The third-order valence-electron chi connectivity index (χ3n) is 4.55. The van der Waals surface area contributed by atoms with Crippen molar-refractivity contribution < 1.29 is 0 Å². The molecule has 0 aliphatic carbocycles. The zero-order chi connectivity index (χ0) is 15.8. The molecule has 1 fully saturated rings. The van der Waals surface area contributed by atoms with E-state index in [9.17, 15) is 0 Å². The number of aromatic nitrogens is 5. The Morgan fingerprint density at radius 1 is 1.00 bits per heavy atom. The summed E-state index contributed by atoms with van der Waals surface area (Å²) < 4.78 is 1.99. The number of nitrogens with zero attached hydrogens (tertiary/aromatic N) is 7. The minimum Gasteiger partial charge on any atom is -0.368 e. The van der Waals surface area contributed by atoms with Crippen LogP contribution >= 0.6 is 0 Å². The molecule has 2 aliphatic rings. The lowest BCUT2D eigenvalue weighted by Gasteiger charge is -2.33. The van der Waals surface area contributed by atoms with Gasteiger partial charge in [-0.2, -0.15) is 4.98 Å². The molecule has 0 spiro atoms. The molecule has 4 heterocycles. The Balaban J connectivity index is 1.65. The smallest absolute Gasteiger partial charge is 0.222 e. The highest BCUT2D eigenvalue weighted by Crippen LogP contribution is 2.23. The summed E-state index contributed by atoms with van der Waals surface area (Å²) in [6.07, 6.45) is 3.32. The summed E-state index contributed by atoms with van der Waals surface area (Å²) >= 11 is 0. The highest BCUT2D eigenvalue weighted by Gasteiger charge is 2.20. The molecule has 0 amide bonds. The molecule has 4 rings (SSSR count). The van der Waals surface area contributed by atoms with E-state index in [-0.39, 0.29) is 5.95 Å². The first-order chi connectivity index (χ1) is 11.2. The van der Waals surface area contributed by atoms with Gasteiger partial charge < -0.3 is 15.5 Å². The molecular formula is C15H22N8. The van der Waals surface area contributed by atoms with Crippen LogP contribution in [-0.2, 0) is 13.0 Å². The molecular weight excluding hydrogens is 292 g/mol. The lowest BCUT2D eigenvalue weighted by atomic mass is 10.2. The van der Waals surface area contributed by atoms with E-state index in [1.165, 1.54) is 6.42 Å². The maximum atomic E-state index is 5.93. The first-order valence-corrected chi connectivity index (χ1v) is 8.21. The van der Waals surface area contributed by atoms with Crippen molar-refractivity contribution in [1.82, 2.24) is 29.6 Å². The van der Waals surface area contributed by atoms with Crippen molar-refractivity contribution in [2.75, 3.05) is 43.9 Å². The summed E-state index contributed by atoms with van der Waals surface area (Å²) in [6, 6.07) is 1.96. The standard InChI is InChI=1S/C15H22N8/c1-21-6-8-22(9-7-21)13-10-11(17-15(16)19-13)14-18-12-4-2-3-5-23(12)20-14/h10H,2-9H2,1H3,(H2,16,17,19). The molecule has 8 heteroatoms. The van der Waals surface area contributed by atoms with Crippen molar-refractivity contribution in [2.24, 2.45) is 0 Å². The second-order valence-corrected chi connectivity index (χ2v) is 6.29. The second kappa shape index (κ2) is 5.77. The first-order valence-electron chi connectivity index (χ1n) is 8.21. The van der Waals surface area contributed by atoms with Crippen LogP contribution in [0.1, 0.15) is 18.7 Å². The molecule has 2 aromatic rings. The largest absolute Gasteiger partial charge is 0.368 e. The molecule has 2 aliphatic heterocycles. The van der Waals surface area contributed by atoms with Gasteiger partial charge in [0, 0.05) is 45.2 Å². The molecule has 122 valence electrons. The first kappa shape index (κ1) is 14.4. The summed E-state index contributed by atoms with van der Waals surface area (Å²) in [7, 11) is 2.14. The minimum absolute atomic E-state index is 0.282. The average molecular weight is 314 g/mol. The number of aryl methyl sites for hydroxylation is 2. The van der Waals surface area contributed by atoms with Gasteiger partial charge in [-0.3, -0.25) is 0 Å². The number of rotatable bonds is 2. The molecule has 0 unspecified atom stereocenters. The van der Waals surface area contributed by atoms with E-state index in [2.05, 4.69) is 36.9 Å². The predicted molar refractivity (Wildman–Crippen MR) is 88.1 cm³/mol. The van der Waals surface area contributed by atoms with E-state index < -0.39 is 0 Å². The fraction of sp³-hybridized carbons (Fsp3) is 0.600. The van der Waals surface area contributed by atoms with Gasteiger partial charge in [-0.25, -0.2) is 14.6 Å². The van der Waals surface area contributed by atoms with E-state index in [1.807, 2.05) is 10.7 Å². The molecule has 0 atom stereocenters. The summed E-state index contributed by atoms with van der Waals surface area (Å²) in [4.78, 5) is 17.9. The highest BCUT2D eigenvalue weighted by atomic mass is 15.4. The Hall–Kier alpha value is -2.22. The van der Waals surface area contributed by atoms with Gasteiger partial charge in [-0.05, 0) is 19.9 Å². The number of likely N-dealkylation sites (N-methyl/N-ethyl adjacent to an activating group) is 1. The molecule has 1 saturated heterocycles. The SMILES string of the molecule is CN1CCN(c2cc(-c3nc4n(n3)CCCC4)nc(N)n2)CC1. The monoisotopic (exact) mass is 314 g/mol. The van der Waals surface area contributed by atoms with Gasteiger partial charge >= 0.3 is 0 Å². The van der Waals surface area contributed by atoms with Gasteiger partial charge in [0.05, 0.1) is 0 Å². The Bertz CT molecular complexity index is 678. The third kappa shape index (κ3) is 2.86. The Labute approximate surface area is 135 Å². The highest BCUT2D eigenvalue weighted by molar-refractivity contribution is 5.58. The molecule has 23 heavy (non-hydrogen) atoms. The van der Waals surface area contributed by atoms with Gasteiger partial charge in [0.2, 0.25) is 5.95 Å². The van der Waals surface area contributed by atoms with Crippen LogP contribution in [0.15, 0.2) is 6.07 Å². The van der Waals surface area contributed by atoms with Crippen molar-refractivity contribution in [3.63, 3.8) is 0 Å². The number of piperazine rings is 1. The minimum atomic E-state index is 0.282. The Kier molecular flexibility index (Phi) is 3.60. The van der Waals surface area contributed by atoms with Crippen LogP contribution in [0.4, 0.5) is 11.8 Å². The summed E-state index contributed by atoms with van der Waals surface area (Å²) in [5.41, 5.74) is 6.65.